The van der Waals surface area contributed by atoms with E-state index in [0.29, 0.717) is 11.2 Å². The average molecular weight is 240 g/mol. The van der Waals surface area contributed by atoms with Gasteiger partial charge in [-0.1, -0.05) is 0 Å². The highest BCUT2D eigenvalue weighted by Gasteiger charge is 2.19. The van der Waals surface area contributed by atoms with Crippen LogP contribution in [0.3, 0.4) is 0 Å². The van der Waals surface area contributed by atoms with Gasteiger partial charge < -0.3 is 0 Å². The molecule has 0 atom stereocenters. The fourth-order valence-electron chi connectivity index (χ4n) is 1.75. The van der Waals surface area contributed by atoms with Crippen LogP contribution < -0.4 is 5.14 Å². The largest absolute Gasteiger partial charge is 0.265 e. The molecule has 0 spiro atoms. The molecule has 86 valence electrons. The van der Waals surface area contributed by atoms with Crippen molar-refractivity contribution < 1.29 is 8.42 Å². The summed E-state index contributed by atoms with van der Waals surface area (Å²) >= 11 is 0. The van der Waals surface area contributed by atoms with Crippen LogP contribution >= 0.6 is 0 Å². The lowest BCUT2D eigenvalue weighted by Crippen LogP contribution is -2.16. The molecule has 2 N–H and O–H groups in total. The molecule has 2 aromatic heterocycles. The molecule has 0 aliphatic heterocycles. The summed E-state index contributed by atoms with van der Waals surface area (Å²) in [7, 11) is -2.17. The highest BCUT2D eigenvalue weighted by molar-refractivity contribution is 7.89. The summed E-state index contributed by atoms with van der Waals surface area (Å²) in [6, 6.07) is 1.80. The van der Waals surface area contributed by atoms with Crippen molar-refractivity contribution in [3.05, 3.63) is 17.5 Å². The molecule has 0 aromatic carbocycles. The van der Waals surface area contributed by atoms with Gasteiger partial charge >= 0.3 is 0 Å². The number of pyridine rings is 1. The maximum Gasteiger partial charge on any atom is 0.257 e. The summed E-state index contributed by atoms with van der Waals surface area (Å²) < 4.78 is 24.4. The second kappa shape index (κ2) is 3.26. The highest BCUT2D eigenvalue weighted by Crippen LogP contribution is 2.23. The van der Waals surface area contributed by atoms with Crippen LogP contribution in [0.1, 0.15) is 11.4 Å². The fourth-order valence-corrected chi connectivity index (χ4v) is 2.54. The van der Waals surface area contributed by atoms with Crippen LogP contribution in [0.25, 0.3) is 10.9 Å². The third kappa shape index (κ3) is 1.57. The monoisotopic (exact) mass is 240 g/mol. The van der Waals surface area contributed by atoms with Crippen molar-refractivity contribution in [2.45, 2.75) is 18.9 Å². The Morgan fingerprint density at radius 2 is 2.00 bits per heavy atom. The van der Waals surface area contributed by atoms with Gasteiger partial charge in [-0.15, -0.1) is 0 Å². The summed E-state index contributed by atoms with van der Waals surface area (Å²) in [5, 5.41) is 9.94. The molecule has 0 saturated carbocycles. The Labute approximate surface area is 93.1 Å². The standard InChI is InChI=1S/C9H12N4O2S/c1-5-4-7-6(2)12-13(3)8(7)9(11-5)16(10,14)15/h4H,1-3H3,(H2,10,14,15). The van der Waals surface area contributed by atoms with E-state index in [1.807, 2.05) is 6.92 Å². The van der Waals surface area contributed by atoms with E-state index in [0.717, 1.165) is 11.1 Å². The van der Waals surface area contributed by atoms with Crippen molar-refractivity contribution in [1.82, 2.24) is 14.8 Å². The van der Waals surface area contributed by atoms with Gasteiger partial charge in [0.15, 0.2) is 5.03 Å². The molecule has 0 aliphatic rings. The van der Waals surface area contributed by atoms with Gasteiger partial charge in [-0.05, 0) is 19.9 Å². The summed E-state index contributed by atoms with van der Waals surface area (Å²) in [6.45, 7) is 3.54. The van der Waals surface area contributed by atoms with Crippen LogP contribution in [0.15, 0.2) is 11.1 Å². The molecule has 0 radical (unpaired) electrons. The zero-order valence-electron chi connectivity index (χ0n) is 9.22. The van der Waals surface area contributed by atoms with Crippen molar-refractivity contribution in [2.24, 2.45) is 12.2 Å². The van der Waals surface area contributed by atoms with E-state index in [1.165, 1.54) is 4.68 Å². The minimum absolute atomic E-state index is 0.120. The van der Waals surface area contributed by atoms with Crippen LogP contribution in [0.2, 0.25) is 0 Å². The van der Waals surface area contributed by atoms with Gasteiger partial charge in [-0.25, -0.2) is 18.5 Å². The van der Waals surface area contributed by atoms with E-state index in [4.69, 9.17) is 5.14 Å². The van der Waals surface area contributed by atoms with E-state index < -0.39 is 10.0 Å². The van der Waals surface area contributed by atoms with Gasteiger partial charge in [0, 0.05) is 18.1 Å². The number of hydrogen-bond donors (Lipinski definition) is 1. The van der Waals surface area contributed by atoms with E-state index in [2.05, 4.69) is 10.1 Å². The van der Waals surface area contributed by atoms with Crippen LogP contribution in [-0.2, 0) is 17.1 Å². The quantitative estimate of drug-likeness (QED) is 0.772. The van der Waals surface area contributed by atoms with Gasteiger partial charge in [0.05, 0.1) is 5.69 Å². The molecule has 0 fully saturated rings. The van der Waals surface area contributed by atoms with Crippen LogP contribution in [0.4, 0.5) is 0 Å². The molecule has 6 nitrogen and oxygen atoms in total. The van der Waals surface area contributed by atoms with Gasteiger partial charge in [-0.3, -0.25) is 4.68 Å². The van der Waals surface area contributed by atoms with Crippen molar-refractivity contribution in [3.8, 4) is 0 Å². The first kappa shape index (κ1) is 11.0. The Morgan fingerprint density at radius 1 is 1.38 bits per heavy atom. The molecule has 16 heavy (non-hydrogen) atoms. The van der Waals surface area contributed by atoms with Crippen molar-refractivity contribution >= 4 is 20.9 Å². The minimum Gasteiger partial charge on any atom is -0.265 e. The summed E-state index contributed by atoms with van der Waals surface area (Å²) in [4.78, 5) is 3.97. The molecule has 7 heteroatoms. The predicted octanol–water partition coefficient (Wildman–Crippen LogP) is 0.233. The Hall–Kier alpha value is -1.47. The van der Waals surface area contributed by atoms with Crippen molar-refractivity contribution in [3.63, 3.8) is 0 Å². The molecule has 0 amide bonds. The van der Waals surface area contributed by atoms with Gasteiger partial charge in [0.2, 0.25) is 0 Å². The topological polar surface area (TPSA) is 90.9 Å². The Kier molecular flexibility index (Phi) is 2.25. The van der Waals surface area contributed by atoms with E-state index in [1.54, 1.807) is 20.0 Å². The SMILES string of the molecule is Cc1cc2c(C)nn(C)c2c(S(N)(=O)=O)n1. The molecule has 2 rings (SSSR count). The molecule has 0 saturated heterocycles. The molecule has 0 unspecified atom stereocenters. The third-order valence-corrected chi connectivity index (χ3v) is 3.20. The number of fused-ring (bicyclic) bond motifs is 1. The molecule has 2 aromatic rings. The highest BCUT2D eigenvalue weighted by atomic mass is 32.2. The average Bonchev–Trinajstić information content (AvgIpc) is 2.40. The smallest absolute Gasteiger partial charge is 0.257 e. The number of primary sulfonamides is 1. The van der Waals surface area contributed by atoms with Gasteiger partial charge in [0.1, 0.15) is 5.52 Å². The lowest BCUT2D eigenvalue weighted by Gasteiger charge is -2.03. The summed E-state index contributed by atoms with van der Waals surface area (Å²) in [5.74, 6) is 0. The van der Waals surface area contributed by atoms with Crippen molar-refractivity contribution in [1.29, 1.82) is 0 Å². The summed E-state index contributed by atoms with van der Waals surface area (Å²) in [6.07, 6.45) is 0. The lowest BCUT2D eigenvalue weighted by atomic mass is 10.2. The summed E-state index contributed by atoms with van der Waals surface area (Å²) in [5.41, 5.74) is 1.81. The predicted molar refractivity (Wildman–Crippen MR) is 59.4 cm³/mol. The van der Waals surface area contributed by atoms with Crippen LogP contribution in [0.5, 0.6) is 0 Å². The second-order valence-electron chi connectivity index (χ2n) is 3.72. The molecular weight excluding hydrogens is 228 g/mol. The Balaban J connectivity index is 3.04. The number of nitrogens with zero attached hydrogens (tertiary/aromatic N) is 3. The lowest BCUT2D eigenvalue weighted by molar-refractivity contribution is 0.593. The fraction of sp³-hybridized carbons (Fsp3) is 0.333. The first-order chi connectivity index (χ1) is 7.30. The number of rotatable bonds is 1. The van der Waals surface area contributed by atoms with Crippen LogP contribution in [-0.4, -0.2) is 23.2 Å². The zero-order chi connectivity index (χ0) is 12.1. The molecule has 2 heterocycles. The first-order valence-corrected chi connectivity index (χ1v) is 6.19. The number of sulfonamides is 1. The number of aryl methyl sites for hydroxylation is 3. The first-order valence-electron chi connectivity index (χ1n) is 4.64. The minimum atomic E-state index is -3.83. The number of hydrogen-bond acceptors (Lipinski definition) is 4. The van der Waals surface area contributed by atoms with Crippen molar-refractivity contribution in [2.75, 3.05) is 0 Å². The van der Waals surface area contributed by atoms with E-state index in [-0.39, 0.29) is 5.03 Å². The zero-order valence-corrected chi connectivity index (χ0v) is 10.0. The Bertz CT molecular complexity index is 672. The normalized spacial score (nSPS) is 12.2. The second-order valence-corrected chi connectivity index (χ2v) is 5.20. The molecule has 0 aliphatic carbocycles. The molecular formula is C9H12N4O2S. The maximum absolute atomic E-state index is 11.4. The van der Waals surface area contributed by atoms with Gasteiger partial charge in [0.25, 0.3) is 10.0 Å². The third-order valence-electron chi connectivity index (χ3n) is 2.37. The van der Waals surface area contributed by atoms with E-state index in [9.17, 15) is 8.42 Å². The number of aromatic nitrogens is 3. The van der Waals surface area contributed by atoms with Crippen LogP contribution in [0, 0.1) is 13.8 Å². The molecule has 0 bridgehead atoms. The number of nitrogens with two attached hydrogens (primary N) is 1. The maximum atomic E-state index is 11.4. The van der Waals surface area contributed by atoms with Gasteiger partial charge in [-0.2, -0.15) is 5.10 Å². The van der Waals surface area contributed by atoms with E-state index >= 15 is 0 Å². The Morgan fingerprint density at radius 3 is 2.56 bits per heavy atom.